The summed E-state index contributed by atoms with van der Waals surface area (Å²) in [6, 6.07) is 5.45. The molecular weight excluding hydrogens is 316 g/mol. The summed E-state index contributed by atoms with van der Waals surface area (Å²) in [4.78, 5) is 16.1. The number of carbonyl (C=O) groups is 1. The van der Waals surface area contributed by atoms with Crippen molar-refractivity contribution in [2.24, 2.45) is 4.99 Å². The van der Waals surface area contributed by atoms with Crippen LogP contribution in [0.1, 0.15) is 18.4 Å². The maximum atomic E-state index is 12.0. The van der Waals surface area contributed by atoms with Gasteiger partial charge in [-0.15, -0.1) is 0 Å². The standard InChI is InChI=1S/C16H25ClN4O2/c1-12-13(17)6-4-7-14(12)21-15(22)8-10-20-16(18-2)19-9-5-11-23-3/h4,6-7H,5,8-11H2,1-3H3,(H,21,22)(H2,18,19,20). The first-order valence-electron chi connectivity index (χ1n) is 7.57. The van der Waals surface area contributed by atoms with E-state index < -0.39 is 0 Å². The summed E-state index contributed by atoms with van der Waals surface area (Å²) in [5.41, 5.74) is 1.61. The first-order chi connectivity index (χ1) is 11.1. The molecule has 1 aromatic rings. The second kappa shape index (κ2) is 10.9. The number of hydrogen-bond donors (Lipinski definition) is 3. The smallest absolute Gasteiger partial charge is 0.226 e. The summed E-state index contributed by atoms with van der Waals surface area (Å²) < 4.78 is 4.98. The van der Waals surface area contributed by atoms with Crippen molar-refractivity contribution in [2.45, 2.75) is 19.8 Å². The fourth-order valence-corrected chi connectivity index (χ4v) is 2.07. The Morgan fingerprint density at radius 1 is 1.30 bits per heavy atom. The van der Waals surface area contributed by atoms with Gasteiger partial charge in [-0.05, 0) is 31.0 Å². The molecule has 0 aliphatic heterocycles. The Morgan fingerprint density at radius 2 is 2.04 bits per heavy atom. The summed E-state index contributed by atoms with van der Waals surface area (Å²) in [6.45, 7) is 3.84. The van der Waals surface area contributed by atoms with Crippen LogP contribution in [0.25, 0.3) is 0 Å². The first kappa shape index (κ1) is 19.3. The highest BCUT2D eigenvalue weighted by Gasteiger charge is 2.07. The van der Waals surface area contributed by atoms with Crippen molar-refractivity contribution in [3.05, 3.63) is 28.8 Å². The van der Waals surface area contributed by atoms with Crippen molar-refractivity contribution >= 4 is 29.2 Å². The SMILES string of the molecule is CN=C(NCCCOC)NCCC(=O)Nc1cccc(Cl)c1C. The van der Waals surface area contributed by atoms with Gasteiger partial charge in [0.05, 0.1) is 0 Å². The number of nitrogens with one attached hydrogen (secondary N) is 3. The van der Waals surface area contributed by atoms with Gasteiger partial charge in [0.15, 0.2) is 5.96 Å². The van der Waals surface area contributed by atoms with Crippen LogP contribution in [0, 0.1) is 6.92 Å². The normalized spacial score (nSPS) is 11.2. The summed E-state index contributed by atoms with van der Waals surface area (Å²) in [7, 11) is 3.37. The minimum absolute atomic E-state index is 0.0716. The molecule has 128 valence electrons. The lowest BCUT2D eigenvalue weighted by Gasteiger charge is -2.12. The number of carbonyl (C=O) groups excluding carboxylic acids is 1. The molecule has 23 heavy (non-hydrogen) atoms. The fraction of sp³-hybridized carbons (Fsp3) is 0.500. The highest BCUT2D eigenvalue weighted by molar-refractivity contribution is 6.31. The number of anilines is 1. The molecule has 0 fully saturated rings. The lowest BCUT2D eigenvalue weighted by atomic mass is 10.2. The van der Waals surface area contributed by atoms with Crippen LogP contribution in [0.15, 0.2) is 23.2 Å². The van der Waals surface area contributed by atoms with Gasteiger partial charge in [0, 0.05) is 51.0 Å². The van der Waals surface area contributed by atoms with E-state index in [1.54, 1.807) is 20.2 Å². The zero-order valence-corrected chi connectivity index (χ0v) is 14.7. The number of guanidine groups is 1. The summed E-state index contributed by atoms with van der Waals surface area (Å²) in [5.74, 6) is 0.602. The van der Waals surface area contributed by atoms with Crippen LogP contribution >= 0.6 is 11.6 Å². The predicted molar refractivity (Wildman–Crippen MR) is 95.3 cm³/mol. The number of aliphatic imine (C=N–C) groups is 1. The molecule has 0 heterocycles. The number of hydrogen-bond acceptors (Lipinski definition) is 3. The van der Waals surface area contributed by atoms with Crippen LogP contribution in [0.4, 0.5) is 5.69 Å². The Labute approximate surface area is 142 Å². The first-order valence-corrected chi connectivity index (χ1v) is 7.94. The molecule has 0 saturated carbocycles. The number of ether oxygens (including phenoxy) is 1. The summed E-state index contributed by atoms with van der Waals surface area (Å²) >= 11 is 6.04. The van der Waals surface area contributed by atoms with Gasteiger partial charge < -0.3 is 20.7 Å². The van der Waals surface area contributed by atoms with Gasteiger partial charge >= 0.3 is 0 Å². The van der Waals surface area contributed by atoms with Gasteiger partial charge in [-0.3, -0.25) is 9.79 Å². The number of rotatable bonds is 8. The number of benzene rings is 1. The van der Waals surface area contributed by atoms with E-state index in [0.29, 0.717) is 30.6 Å². The summed E-state index contributed by atoms with van der Waals surface area (Å²) in [6.07, 6.45) is 1.23. The molecule has 0 unspecified atom stereocenters. The molecule has 0 saturated heterocycles. The summed E-state index contributed by atoms with van der Waals surface area (Å²) in [5, 5.41) is 9.76. The quantitative estimate of drug-likeness (QED) is 0.385. The third kappa shape index (κ3) is 7.34. The molecule has 0 aliphatic carbocycles. The highest BCUT2D eigenvalue weighted by Crippen LogP contribution is 2.22. The van der Waals surface area contributed by atoms with Gasteiger partial charge in [-0.1, -0.05) is 17.7 Å². The topological polar surface area (TPSA) is 74.8 Å². The minimum atomic E-state index is -0.0716. The van der Waals surface area contributed by atoms with Crippen LogP contribution in [-0.2, 0) is 9.53 Å². The van der Waals surface area contributed by atoms with Gasteiger partial charge in [0.25, 0.3) is 0 Å². The van der Waals surface area contributed by atoms with Crippen molar-refractivity contribution in [1.82, 2.24) is 10.6 Å². The molecule has 0 spiro atoms. The van der Waals surface area contributed by atoms with Crippen LogP contribution in [-0.4, -0.2) is 45.7 Å². The van der Waals surface area contributed by atoms with Crippen molar-refractivity contribution in [2.75, 3.05) is 39.2 Å². The molecular formula is C16H25ClN4O2. The van der Waals surface area contributed by atoms with E-state index >= 15 is 0 Å². The number of amides is 1. The van der Waals surface area contributed by atoms with Crippen molar-refractivity contribution in [1.29, 1.82) is 0 Å². The number of methoxy groups -OCH3 is 1. The minimum Gasteiger partial charge on any atom is -0.385 e. The van der Waals surface area contributed by atoms with Gasteiger partial charge in [-0.25, -0.2) is 0 Å². The monoisotopic (exact) mass is 340 g/mol. The molecule has 1 rings (SSSR count). The third-order valence-corrected chi connectivity index (χ3v) is 3.64. The van der Waals surface area contributed by atoms with Gasteiger partial charge in [0.2, 0.25) is 5.91 Å². The molecule has 0 atom stereocenters. The molecule has 1 aromatic carbocycles. The Balaban J connectivity index is 2.31. The van der Waals surface area contributed by atoms with Crippen LogP contribution in [0.3, 0.4) is 0 Å². The van der Waals surface area contributed by atoms with E-state index in [9.17, 15) is 4.79 Å². The number of halogens is 1. The third-order valence-electron chi connectivity index (χ3n) is 3.23. The molecule has 0 bridgehead atoms. The molecule has 1 amide bonds. The van der Waals surface area contributed by atoms with Crippen molar-refractivity contribution in [3.8, 4) is 0 Å². The van der Waals surface area contributed by atoms with Crippen LogP contribution in [0.5, 0.6) is 0 Å². The maximum absolute atomic E-state index is 12.0. The van der Waals surface area contributed by atoms with Crippen LogP contribution in [0.2, 0.25) is 5.02 Å². The Hall–Kier alpha value is -1.79. The zero-order valence-electron chi connectivity index (χ0n) is 13.9. The van der Waals surface area contributed by atoms with E-state index in [4.69, 9.17) is 16.3 Å². The van der Waals surface area contributed by atoms with E-state index in [1.165, 1.54) is 0 Å². The lowest BCUT2D eigenvalue weighted by Crippen LogP contribution is -2.39. The van der Waals surface area contributed by atoms with E-state index in [2.05, 4.69) is 20.9 Å². The second-order valence-corrected chi connectivity index (χ2v) is 5.39. The Bertz CT molecular complexity index is 535. The molecule has 7 heteroatoms. The molecule has 0 aliphatic rings. The van der Waals surface area contributed by atoms with Crippen LogP contribution < -0.4 is 16.0 Å². The molecule has 0 radical (unpaired) electrons. The average molecular weight is 341 g/mol. The van der Waals surface area contributed by atoms with E-state index in [0.717, 1.165) is 24.2 Å². The fourth-order valence-electron chi connectivity index (χ4n) is 1.89. The Kier molecular flexibility index (Phi) is 9.09. The van der Waals surface area contributed by atoms with Crippen molar-refractivity contribution in [3.63, 3.8) is 0 Å². The molecule has 6 nitrogen and oxygen atoms in total. The highest BCUT2D eigenvalue weighted by atomic mass is 35.5. The second-order valence-electron chi connectivity index (χ2n) is 4.98. The number of nitrogens with zero attached hydrogens (tertiary/aromatic N) is 1. The van der Waals surface area contributed by atoms with Crippen molar-refractivity contribution < 1.29 is 9.53 Å². The van der Waals surface area contributed by atoms with Gasteiger partial charge in [0.1, 0.15) is 0 Å². The lowest BCUT2D eigenvalue weighted by molar-refractivity contribution is -0.116. The van der Waals surface area contributed by atoms with Gasteiger partial charge in [-0.2, -0.15) is 0 Å². The largest absolute Gasteiger partial charge is 0.385 e. The molecule has 0 aromatic heterocycles. The molecule has 3 N–H and O–H groups in total. The average Bonchev–Trinajstić information content (AvgIpc) is 2.54. The Morgan fingerprint density at radius 3 is 2.74 bits per heavy atom. The van der Waals surface area contributed by atoms with E-state index in [1.807, 2.05) is 19.1 Å². The predicted octanol–water partition coefficient (Wildman–Crippen LogP) is 2.18. The maximum Gasteiger partial charge on any atom is 0.226 e. The van der Waals surface area contributed by atoms with E-state index in [-0.39, 0.29) is 5.91 Å². The zero-order chi connectivity index (χ0) is 17.1.